The van der Waals surface area contributed by atoms with Crippen molar-refractivity contribution in [2.45, 2.75) is 33.2 Å². The molecule has 1 rings (SSSR count). The number of aryl methyl sites for hydroxylation is 1. The Labute approximate surface area is 116 Å². The number of nitrogens with two attached hydrogens (primary N) is 1. The van der Waals surface area contributed by atoms with Gasteiger partial charge in [-0.3, -0.25) is 14.9 Å². The topological polar surface area (TPSA) is 136 Å². The average Bonchev–Trinajstić information content (AvgIpc) is 2.34. The van der Waals surface area contributed by atoms with Gasteiger partial charge in [0.25, 0.3) is 0 Å². The summed E-state index contributed by atoms with van der Waals surface area (Å²) >= 11 is 0. The van der Waals surface area contributed by atoms with E-state index in [-0.39, 0.29) is 29.1 Å². The van der Waals surface area contributed by atoms with Crippen LogP contribution < -0.4 is 16.4 Å². The number of hydrogen-bond donors (Lipinski definition) is 3. The Morgan fingerprint density at radius 3 is 2.70 bits per heavy atom. The molecule has 0 saturated heterocycles. The fraction of sp³-hybridized carbons (Fsp3) is 0.545. The van der Waals surface area contributed by atoms with Crippen LogP contribution in [0.3, 0.4) is 0 Å². The van der Waals surface area contributed by atoms with E-state index >= 15 is 0 Å². The van der Waals surface area contributed by atoms with Crippen LogP contribution in [0.5, 0.6) is 0 Å². The van der Waals surface area contributed by atoms with Crippen LogP contribution in [0.15, 0.2) is 0 Å². The number of anilines is 2. The van der Waals surface area contributed by atoms with Gasteiger partial charge in [0.15, 0.2) is 0 Å². The first-order valence-corrected chi connectivity index (χ1v) is 6.19. The molecule has 0 fully saturated rings. The van der Waals surface area contributed by atoms with Gasteiger partial charge in [-0.1, -0.05) is 6.92 Å². The second-order valence-electron chi connectivity index (χ2n) is 4.28. The average molecular weight is 282 g/mol. The first kappa shape index (κ1) is 15.6. The number of amides is 1. The molecule has 1 aromatic rings. The second-order valence-corrected chi connectivity index (χ2v) is 4.28. The van der Waals surface area contributed by atoms with E-state index in [1.807, 2.05) is 6.92 Å². The van der Waals surface area contributed by atoms with Gasteiger partial charge in [0.2, 0.25) is 17.7 Å². The molecule has 9 nitrogen and oxygen atoms in total. The Morgan fingerprint density at radius 2 is 2.15 bits per heavy atom. The van der Waals surface area contributed by atoms with Gasteiger partial charge in [-0.2, -0.15) is 4.98 Å². The molecule has 1 heterocycles. The number of rotatable bonds is 6. The van der Waals surface area contributed by atoms with E-state index in [1.165, 1.54) is 6.92 Å². The van der Waals surface area contributed by atoms with Crippen LogP contribution in [0, 0.1) is 17.0 Å². The number of nitrogen functional groups attached to an aromatic ring is 1. The molecule has 0 spiro atoms. The van der Waals surface area contributed by atoms with Crippen molar-refractivity contribution in [3.05, 3.63) is 15.8 Å². The molecule has 0 aliphatic heterocycles. The standard InChI is InChI=1S/C11H18N6O3/c1-4-5-13-10(18)7(3)14-9-8(17(19)20)6(2)15-11(12)16-9/h7H,4-5H2,1-3H3,(H,13,18)(H3,12,14,15,16). The lowest BCUT2D eigenvalue weighted by atomic mass is 10.2. The molecule has 1 amide bonds. The van der Waals surface area contributed by atoms with Gasteiger partial charge in [-0.05, 0) is 20.3 Å². The Balaban J connectivity index is 2.96. The zero-order valence-electron chi connectivity index (χ0n) is 11.6. The summed E-state index contributed by atoms with van der Waals surface area (Å²) in [6.45, 7) is 5.51. The van der Waals surface area contributed by atoms with Crippen molar-refractivity contribution >= 4 is 23.4 Å². The summed E-state index contributed by atoms with van der Waals surface area (Å²) in [5.41, 5.74) is 5.34. The third kappa shape index (κ3) is 3.77. The predicted molar refractivity (Wildman–Crippen MR) is 74.2 cm³/mol. The second kappa shape index (κ2) is 6.64. The highest BCUT2D eigenvalue weighted by Crippen LogP contribution is 2.26. The molecule has 0 saturated carbocycles. The number of carbonyl (C=O) groups excluding carboxylic acids is 1. The third-order valence-electron chi connectivity index (χ3n) is 2.55. The maximum absolute atomic E-state index is 11.7. The van der Waals surface area contributed by atoms with Gasteiger partial charge >= 0.3 is 5.69 Å². The molecule has 0 aliphatic carbocycles. The molecule has 110 valence electrons. The Bertz CT molecular complexity index is 519. The van der Waals surface area contributed by atoms with E-state index in [0.29, 0.717) is 6.54 Å². The molecule has 4 N–H and O–H groups in total. The molecule has 0 radical (unpaired) electrons. The van der Waals surface area contributed by atoms with Crippen LogP contribution in [0.25, 0.3) is 0 Å². The number of nitro groups is 1. The molecular formula is C11H18N6O3. The van der Waals surface area contributed by atoms with E-state index in [4.69, 9.17) is 5.73 Å². The van der Waals surface area contributed by atoms with Crippen molar-refractivity contribution in [2.75, 3.05) is 17.6 Å². The van der Waals surface area contributed by atoms with E-state index in [0.717, 1.165) is 6.42 Å². The lowest BCUT2D eigenvalue weighted by molar-refractivity contribution is -0.385. The smallest absolute Gasteiger partial charge is 0.332 e. The molecule has 0 aromatic carbocycles. The zero-order valence-corrected chi connectivity index (χ0v) is 11.6. The fourth-order valence-electron chi connectivity index (χ4n) is 1.58. The van der Waals surface area contributed by atoms with Crippen LogP contribution in [0.4, 0.5) is 17.5 Å². The summed E-state index contributed by atoms with van der Waals surface area (Å²) in [6.07, 6.45) is 0.804. The minimum Gasteiger partial charge on any atom is -0.368 e. The molecule has 1 unspecified atom stereocenters. The summed E-state index contributed by atoms with van der Waals surface area (Å²) in [4.78, 5) is 29.7. The fourth-order valence-corrected chi connectivity index (χ4v) is 1.58. The van der Waals surface area contributed by atoms with Crippen molar-refractivity contribution in [1.29, 1.82) is 0 Å². The van der Waals surface area contributed by atoms with Crippen molar-refractivity contribution in [3.63, 3.8) is 0 Å². The van der Waals surface area contributed by atoms with Crippen LogP contribution in [0.1, 0.15) is 26.0 Å². The van der Waals surface area contributed by atoms with Crippen molar-refractivity contribution in [1.82, 2.24) is 15.3 Å². The van der Waals surface area contributed by atoms with E-state index < -0.39 is 11.0 Å². The number of aromatic nitrogens is 2. The zero-order chi connectivity index (χ0) is 15.3. The summed E-state index contributed by atoms with van der Waals surface area (Å²) in [7, 11) is 0. The van der Waals surface area contributed by atoms with Gasteiger partial charge in [0, 0.05) is 6.54 Å². The molecule has 20 heavy (non-hydrogen) atoms. The van der Waals surface area contributed by atoms with Gasteiger partial charge < -0.3 is 16.4 Å². The molecule has 1 aromatic heterocycles. The normalized spacial score (nSPS) is 11.8. The van der Waals surface area contributed by atoms with Gasteiger partial charge in [-0.25, -0.2) is 4.98 Å². The number of carbonyl (C=O) groups is 1. The first-order valence-electron chi connectivity index (χ1n) is 6.19. The van der Waals surface area contributed by atoms with Crippen LogP contribution >= 0.6 is 0 Å². The number of nitrogens with one attached hydrogen (secondary N) is 2. The van der Waals surface area contributed by atoms with Crippen LogP contribution in [-0.2, 0) is 4.79 Å². The minimum atomic E-state index is -0.672. The highest BCUT2D eigenvalue weighted by atomic mass is 16.6. The molecule has 9 heteroatoms. The maximum atomic E-state index is 11.7. The first-order chi connectivity index (χ1) is 9.36. The maximum Gasteiger partial charge on any atom is 0.332 e. The highest BCUT2D eigenvalue weighted by molar-refractivity contribution is 5.84. The van der Waals surface area contributed by atoms with E-state index in [1.54, 1.807) is 6.92 Å². The van der Waals surface area contributed by atoms with Gasteiger partial charge in [0.05, 0.1) is 4.92 Å². The lowest BCUT2D eigenvalue weighted by Crippen LogP contribution is -2.38. The van der Waals surface area contributed by atoms with Crippen molar-refractivity contribution < 1.29 is 9.72 Å². The molecule has 0 aliphatic rings. The Morgan fingerprint density at radius 1 is 1.50 bits per heavy atom. The lowest BCUT2D eigenvalue weighted by Gasteiger charge is -2.15. The van der Waals surface area contributed by atoms with Crippen molar-refractivity contribution in [2.24, 2.45) is 0 Å². The quantitative estimate of drug-likeness (QED) is 0.513. The number of nitrogens with zero attached hydrogens (tertiary/aromatic N) is 3. The van der Waals surface area contributed by atoms with Gasteiger partial charge in [-0.15, -0.1) is 0 Å². The molecule has 0 bridgehead atoms. The van der Waals surface area contributed by atoms with Crippen LogP contribution in [0.2, 0.25) is 0 Å². The van der Waals surface area contributed by atoms with Crippen LogP contribution in [-0.4, -0.2) is 33.4 Å². The van der Waals surface area contributed by atoms with E-state index in [9.17, 15) is 14.9 Å². The molecule has 1 atom stereocenters. The van der Waals surface area contributed by atoms with Crippen molar-refractivity contribution in [3.8, 4) is 0 Å². The minimum absolute atomic E-state index is 0.0563. The summed E-state index contributed by atoms with van der Waals surface area (Å²) in [5, 5.41) is 16.4. The largest absolute Gasteiger partial charge is 0.368 e. The Hall–Kier alpha value is -2.45. The van der Waals surface area contributed by atoms with Gasteiger partial charge in [0.1, 0.15) is 11.7 Å². The third-order valence-corrected chi connectivity index (χ3v) is 2.55. The monoisotopic (exact) mass is 282 g/mol. The summed E-state index contributed by atoms with van der Waals surface area (Å²) in [5.74, 6) is -0.410. The molecular weight excluding hydrogens is 264 g/mol. The highest BCUT2D eigenvalue weighted by Gasteiger charge is 2.24. The summed E-state index contributed by atoms with van der Waals surface area (Å²) in [6, 6.07) is -0.672. The Kier molecular flexibility index (Phi) is 5.18. The summed E-state index contributed by atoms with van der Waals surface area (Å²) < 4.78 is 0. The number of hydrogen-bond acceptors (Lipinski definition) is 7. The predicted octanol–water partition coefficient (Wildman–Crippen LogP) is 0.602. The van der Waals surface area contributed by atoms with E-state index in [2.05, 4.69) is 20.6 Å². The SMILES string of the molecule is CCCNC(=O)C(C)Nc1nc(N)nc(C)c1[N+](=O)[O-].